The summed E-state index contributed by atoms with van der Waals surface area (Å²) in [5.41, 5.74) is 0. The molecule has 0 aliphatic heterocycles. The molecule has 0 radical (unpaired) electrons. The average molecular weight is 215 g/mol. The fraction of sp³-hybridized carbons (Fsp3) is 1.00. The highest BCUT2D eigenvalue weighted by Gasteiger charge is 2.19. The van der Waals surface area contributed by atoms with Gasteiger partial charge in [-0.05, 0) is 26.3 Å². The lowest BCUT2D eigenvalue weighted by Crippen LogP contribution is -2.34. The molecule has 0 spiro atoms. The van der Waals surface area contributed by atoms with Gasteiger partial charge in [-0.1, -0.05) is 33.1 Å². The first-order valence-corrected chi connectivity index (χ1v) is 7.07. The van der Waals surface area contributed by atoms with Crippen LogP contribution >= 0.6 is 11.8 Å². The van der Waals surface area contributed by atoms with E-state index in [2.05, 4.69) is 37.8 Å². The molecule has 1 rings (SSSR count). The van der Waals surface area contributed by atoms with Crippen molar-refractivity contribution >= 4 is 11.8 Å². The Morgan fingerprint density at radius 3 is 2.43 bits per heavy atom. The van der Waals surface area contributed by atoms with E-state index in [0.717, 1.165) is 17.0 Å². The third-order valence-corrected chi connectivity index (χ3v) is 4.88. The van der Waals surface area contributed by atoms with E-state index in [9.17, 15) is 0 Å². The van der Waals surface area contributed by atoms with Gasteiger partial charge in [0, 0.05) is 16.5 Å². The molecule has 2 atom stereocenters. The Bertz CT molecular complexity index is 143. The van der Waals surface area contributed by atoms with Crippen molar-refractivity contribution < 1.29 is 0 Å². The Hall–Kier alpha value is 0.310. The van der Waals surface area contributed by atoms with Gasteiger partial charge in [-0.15, -0.1) is 0 Å². The number of hydrogen-bond donors (Lipinski definition) is 1. The summed E-state index contributed by atoms with van der Waals surface area (Å²) in [6.45, 7) is 7.96. The third-order valence-electron chi connectivity index (χ3n) is 3.19. The molecule has 2 unspecified atom stereocenters. The van der Waals surface area contributed by atoms with Gasteiger partial charge in [0.25, 0.3) is 0 Å². The van der Waals surface area contributed by atoms with E-state index in [4.69, 9.17) is 0 Å². The van der Waals surface area contributed by atoms with E-state index in [1.165, 1.54) is 32.1 Å². The van der Waals surface area contributed by atoms with Crippen molar-refractivity contribution in [2.75, 3.05) is 6.54 Å². The summed E-state index contributed by atoms with van der Waals surface area (Å²) in [6, 6.07) is 0.659. The smallest absolute Gasteiger partial charge is 0.0172 e. The van der Waals surface area contributed by atoms with Crippen LogP contribution in [0.2, 0.25) is 0 Å². The zero-order valence-electron chi connectivity index (χ0n) is 9.88. The minimum atomic E-state index is 0.659. The molecule has 0 amide bonds. The number of hydrogen-bond acceptors (Lipinski definition) is 2. The first-order valence-electron chi connectivity index (χ1n) is 6.13. The molecule has 0 aromatic carbocycles. The van der Waals surface area contributed by atoms with E-state index >= 15 is 0 Å². The van der Waals surface area contributed by atoms with Crippen molar-refractivity contribution in [3.05, 3.63) is 0 Å². The highest BCUT2D eigenvalue weighted by Crippen LogP contribution is 2.31. The second kappa shape index (κ2) is 6.73. The van der Waals surface area contributed by atoms with Crippen molar-refractivity contribution in [2.24, 2.45) is 0 Å². The summed E-state index contributed by atoms with van der Waals surface area (Å²) in [4.78, 5) is 0. The van der Waals surface area contributed by atoms with Crippen LogP contribution in [0.25, 0.3) is 0 Å². The van der Waals surface area contributed by atoms with Gasteiger partial charge in [0.1, 0.15) is 0 Å². The molecular formula is C12H25NS. The third kappa shape index (κ3) is 4.22. The minimum Gasteiger partial charge on any atom is -0.313 e. The van der Waals surface area contributed by atoms with Crippen LogP contribution in [0.15, 0.2) is 0 Å². The maximum absolute atomic E-state index is 3.51. The molecule has 1 nitrogen and oxygen atoms in total. The maximum Gasteiger partial charge on any atom is 0.0172 e. The van der Waals surface area contributed by atoms with Gasteiger partial charge >= 0.3 is 0 Å². The fourth-order valence-electron chi connectivity index (χ4n) is 2.11. The summed E-state index contributed by atoms with van der Waals surface area (Å²) < 4.78 is 0. The zero-order valence-corrected chi connectivity index (χ0v) is 10.7. The lowest BCUT2D eigenvalue weighted by atomic mass is 10.0. The van der Waals surface area contributed by atoms with Gasteiger partial charge in [0.2, 0.25) is 0 Å². The molecule has 84 valence electrons. The first kappa shape index (κ1) is 12.4. The summed E-state index contributed by atoms with van der Waals surface area (Å²) in [7, 11) is 0. The lowest BCUT2D eigenvalue weighted by molar-refractivity contribution is 0.509. The second-order valence-electron chi connectivity index (χ2n) is 4.45. The summed E-state index contributed by atoms with van der Waals surface area (Å²) in [5.74, 6) is 0. The quantitative estimate of drug-likeness (QED) is 0.754. The second-order valence-corrected chi connectivity index (χ2v) is 6.13. The van der Waals surface area contributed by atoms with Crippen LogP contribution < -0.4 is 5.32 Å². The number of rotatable bonds is 5. The van der Waals surface area contributed by atoms with E-state index in [1.54, 1.807) is 0 Å². The molecular weight excluding hydrogens is 190 g/mol. The molecule has 14 heavy (non-hydrogen) atoms. The van der Waals surface area contributed by atoms with Crippen LogP contribution in [0.1, 0.15) is 52.9 Å². The normalized spacial score (nSPS) is 23.4. The van der Waals surface area contributed by atoms with Crippen LogP contribution in [-0.4, -0.2) is 23.1 Å². The van der Waals surface area contributed by atoms with Gasteiger partial charge < -0.3 is 5.32 Å². The van der Waals surface area contributed by atoms with Gasteiger partial charge in [0.05, 0.1) is 0 Å². The Kier molecular flexibility index (Phi) is 5.95. The SMILES string of the molecule is CCNC(C)C(C)SC1CCCCC1. The standard InChI is InChI=1S/C12H25NS/c1-4-13-10(2)11(3)14-12-8-6-5-7-9-12/h10-13H,4-9H2,1-3H3. The van der Waals surface area contributed by atoms with Crippen LogP contribution in [-0.2, 0) is 0 Å². The highest BCUT2D eigenvalue weighted by atomic mass is 32.2. The van der Waals surface area contributed by atoms with Gasteiger partial charge in [-0.25, -0.2) is 0 Å². The molecule has 0 aromatic heterocycles. The van der Waals surface area contributed by atoms with Crippen molar-refractivity contribution in [2.45, 2.75) is 69.4 Å². The number of thioether (sulfide) groups is 1. The molecule has 0 saturated heterocycles. The van der Waals surface area contributed by atoms with Crippen LogP contribution in [0.5, 0.6) is 0 Å². The Labute approximate surface area is 93.4 Å². The summed E-state index contributed by atoms with van der Waals surface area (Å²) >= 11 is 2.21. The van der Waals surface area contributed by atoms with Crippen molar-refractivity contribution in [1.82, 2.24) is 5.32 Å². The predicted octanol–water partition coefficient (Wildman–Crippen LogP) is 3.44. The Morgan fingerprint density at radius 2 is 1.86 bits per heavy atom. The minimum absolute atomic E-state index is 0.659. The highest BCUT2D eigenvalue weighted by molar-refractivity contribution is 8.00. The van der Waals surface area contributed by atoms with Crippen molar-refractivity contribution in [1.29, 1.82) is 0 Å². The molecule has 0 heterocycles. The van der Waals surface area contributed by atoms with Crippen LogP contribution in [0.4, 0.5) is 0 Å². The van der Waals surface area contributed by atoms with Crippen LogP contribution in [0, 0.1) is 0 Å². The fourth-order valence-corrected chi connectivity index (χ4v) is 3.66. The molecule has 2 heteroatoms. The summed E-state index contributed by atoms with van der Waals surface area (Å²) in [5, 5.41) is 5.22. The summed E-state index contributed by atoms with van der Waals surface area (Å²) in [6.07, 6.45) is 7.29. The van der Waals surface area contributed by atoms with Gasteiger partial charge in [-0.3, -0.25) is 0 Å². The van der Waals surface area contributed by atoms with Crippen molar-refractivity contribution in [3.63, 3.8) is 0 Å². The predicted molar refractivity (Wildman–Crippen MR) is 67.1 cm³/mol. The molecule has 1 N–H and O–H groups in total. The van der Waals surface area contributed by atoms with Crippen LogP contribution in [0.3, 0.4) is 0 Å². The largest absolute Gasteiger partial charge is 0.313 e. The molecule has 0 bridgehead atoms. The van der Waals surface area contributed by atoms with E-state index in [-0.39, 0.29) is 0 Å². The molecule has 1 aliphatic carbocycles. The monoisotopic (exact) mass is 215 g/mol. The van der Waals surface area contributed by atoms with Gasteiger partial charge in [0.15, 0.2) is 0 Å². The van der Waals surface area contributed by atoms with E-state index in [0.29, 0.717) is 6.04 Å². The first-order chi connectivity index (χ1) is 6.74. The molecule has 1 aliphatic rings. The molecule has 1 fully saturated rings. The zero-order chi connectivity index (χ0) is 10.4. The molecule has 0 aromatic rings. The topological polar surface area (TPSA) is 12.0 Å². The van der Waals surface area contributed by atoms with E-state index < -0.39 is 0 Å². The van der Waals surface area contributed by atoms with Crippen molar-refractivity contribution in [3.8, 4) is 0 Å². The van der Waals surface area contributed by atoms with E-state index in [1.807, 2.05) is 0 Å². The number of nitrogens with one attached hydrogen (secondary N) is 1. The molecule has 1 saturated carbocycles. The average Bonchev–Trinajstić information content (AvgIpc) is 2.19. The lowest BCUT2D eigenvalue weighted by Gasteiger charge is -2.27. The Morgan fingerprint density at radius 1 is 1.21 bits per heavy atom. The maximum atomic E-state index is 3.51. The Balaban J connectivity index is 2.20. The van der Waals surface area contributed by atoms with Gasteiger partial charge in [-0.2, -0.15) is 11.8 Å².